The molecule has 1 amide bonds. The van der Waals surface area contributed by atoms with Crippen molar-refractivity contribution in [1.82, 2.24) is 4.90 Å². The van der Waals surface area contributed by atoms with Crippen LogP contribution < -0.4 is 11.1 Å². The number of amides is 1. The predicted octanol–water partition coefficient (Wildman–Crippen LogP) is 1.84. The van der Waals surface area contributed by atoms with Crippen LogP contribution in [-0.4, -0.2) is 36.5 Å². The molecule has 4 nitrogen and oxygen atoms in total. The zero-order valence-corrected chi connectivity index (χ0v) is 11.3. The lowest BCUT2D eigenvalue weighted by atomic mass is 10.1. The van der Waals surface area contributed by atoms with Gasteiger partial charge in [-0.2, -0.15) is 0 Å². The molecule has 1 heterocycles. The predicted molar refractivity (Wildman–Crippen MR) is 73.7 cm³/mol. The monoisotopic (exact) mass is 285 g/mol. The van der Waals surface area contributed by atoms with E-state index in [1.165, 1.54) is 18.2 Å². The van der Waals surface area contributed by atoms with Crippen LogP contribution in [0.2, 0.25) is 5.02 Å². The van der Waals surface area contributed by atoms with Crippen molar-refractivity contribution in [2.75, 3.05) is 25.0 Å². The quantitative estimate of drug-likeness (QED) is 0.891. The smallest absolute Gasteiger partial charge is 0.238 e. The molecule has 0 spiro atoms. The minimum atomic E-state index is -0.531. The molecule has 3 N–H and O–H groups in total. The summed E-state index contributed by atoms with van der Waals surface area (Å²) in [6.07, 6.45) is 1.98. The third-order valence-electron chi connectivity index (χ3n) is 3.11. The van der Waals surface area contributed by atoms with Crippen LogP contribution in [0, 0.1) is 5.82 Å². The van der Waals surface area contributed by atoms with E-state index in [9.17, 15) is 9.18 Å². The summed E-state index contributed by atoms with van der Waals surface area (Å²) in [5.41, 5.74) is 5.99. The van der Waals surface area contributed by atoms with Crippen LogP contribution in [0.3, 0.4) is 0 Å². The van der Waals surface area contributed by atoms with Crippen LogP contribution in [0.4, 0.5) is 10.1 Å². The largest absolute Gasteiger partial charge is 0.327 e. The first-order valence-corrected chi connectivity index (χ1v) is 6.65. The van der Waals surface area contributed by atoms with Crippen molar-refractivity contribution < 1.29 is 9.18 Å². The number of nitrogens with two attached hydrogens (primary N) is 1. The highest BCUT2D eigenvalue weighted by molar-refractivity contribution is 6.30. The Hall–Kier alpha value is -1.17. The molecule has 1 aromatic rings. The van der Waals surface area contributed by atoms with Gasteiger partial charge in [0.15, 0.2) is 0 Å². The number of piperidine rings is 1. The Morgan fingerprint density at radius 2 is 2.37 bits per heavy atom. The van der Waals surface area contributed by atoms with Gasteiger partial charge in [0.25, 0.3) is 0 Å². The van der Waals surface area contributed by atoms with Crippen molar-refractivity contribution in [3.05, 3.63) is 29.0 Å². The summed E-state index contributed by atoms with van der Waals surface area (Å²) in [4.78, 5) is 13.8. The molecule has 1 atom stereocenters. The fourth-order valence-electron chi connectivity index (χ4n) is 2.22. The first kappa shape index (κ1) is 14.2. The van der Waals surface area contributed by atoms with E-state index in [-0.39, 0.29) is 24.2 Å². The number of carbonyl (C=O) groups excluding carboxylic acids is 1. The van der Waals surface area contributed by atoms with Crippen molar-refractivity contribution in [1.29, 1.82) is 0 Å². The average molecular weight is 286 g/mol. The molecule has 1 saturated heterocycles. The Morgan fingerprint density at radius 1 is 1.58 bits per heavy atom. The number of rotatable bonds is 3. The van der Waals surface area contributed by atoms with Crippen LogP contribution in [0.1, 0.15) is 12.8 Å². The number of likely N-dealkylation sites (tertiary alicyclic amines) is 1. The van der Waals surface area contributed by atoms with E-state index in [0.29, 0.717) is 11.6 Å². The molecule has 6 heteroatoms. The second-order valence-corrected chi connectivity index (χ2v) is 5.25. The molecule has 0 aromatic heterocycles. The van der Waals surface area contributed by atoms with Gasteiger partial charge < -0.3 is 11.1 Å². The van der Waals surface area contributed by atoms with Crippen LogP contribution in [0.5, 0.6) is 0 Å². The maximum absolute atomic E-state index is 13.5. The second-order valence-electron chi connectivity index (χ2n) is 4.81. The highest BCUT2D eigenvalue weighted by Crippen LogP contribution is 2.19. The molecule has 19 heavy (non-hydrogen) atoms. The van der Waals surface area contributed by atoms with E-state index in [0.717, 1.165) is 19.4 Å². The first-order valence-electron chi connectivity index (χ1n) is 6.27. The highest BCUT2D eigenvalue weighted by Gasteiger charge is 2.19. The van der Waals surface area contributed by atoms with E-state index >= 15 is 0 Å². The van der Waals surface area contributed by atoms with Crippen molar-refractivity contribution >= 4 is 23.2 Å². The average Bonchev–Trinajstić information content (AvgIpc) is 2.33. The normalized spacial score (nSPS) is 20.3. The summed E-state index contributed by atoms with van der Waals surface area (Å²) in [5, 5.41) is 2.85. The van der Waals surface area contributed by atoms with E-state index in [1.54, 1.807) is 0 Å². The lowest BCUT2D eigenvalue weighted by Gasteiger charge is -2.29. The summed E-state index contributed by atoms with van der Waals surface area (Å²) in [6.45, 7) is 1.79. The van der Waals surface area contributed by atoms with Gasteiger partial charge in [0.05, 0.1) is 12.2 Å². The Kier molecular flexibility index (Phi) is 4.74. The van der Waals surface area contributed by atoms with Gasteiger partial charge in [-0.05, 0) is 37.6 Å². The van der Waals surface area contributed by atoms with Crippen LogP contribution in [-0.2, 0) is 4.79 Å². The second kappa shape index (κ2) is 6.32. The topological polar surface area (TPSA) is 58.4 Å². The van der Waals surface area contributed by atoms with Crippen molar-refractivity contribution in [2.45, 2.75) is 18.9 Å². The molecule has 1 aromatic carbocycles. The van der Waals surface area contributed by atoms with Gasteiger partial charge in [-0.3, -0.25) is 9.69 Å². The van der Waals surface area contributed by atoms with Gasteiger partial charge in [0.1, 0.15) is 5.82 Å². The molecular weight excluding hydrogens is 269 g/mol. The fraction of sp³-hybridized carbons (Fsp3) is 0.462. The van der Waals surface area contributed by atoms with E-state index in [1.807, 2.05) is 4.90 Å². The molecular formula is C13H17ClFN3O. The van der Waals surface area contributed by atoms with Crippen molar-refractivity contribution in [3.8, 4) is 0 Å². The molecule has 1 aliphatic heterocycles. The lowest BCUT2D eigenvalue weighted by Crippen LogP contribution is -2.45. The van der Waals surface area contributed by atoms with Crippen molar-refractivity contribution in [3.63, 3.8) is 0 Å². The van der Waals surface area contributed by atoms with Gasteiger partial charge in [0, 0.05) is 17.6 Å². The first-order chi connectivity index (χ1) is 9.04. The summed E-state index contributed by atoms with van der Waals surface area (Å²) in [7, 11) is 0. The Bertz CT molecular complexity index is 469. The van der Waals surface area contributed by atoms with Crippen LogP contribution in [0.15, 0.2) is 18.2 Å². The van der Waals surface area contributed by atoms with Crippen LogP contribution >= 0.6 is 11.6 Å². The number of nitrogens with one attached hydrogen (secondary N) is 1. The Morgan fingerprint density at radius 3 is 3.05 bits per heavy atom. The van der Waals surface area contributed by atoms with Gasteiger partial charge >= 0.3 is 0 Å². The molecule has 2 rings (SSSR count). The third kappa shape index (κ3) is 4.16. The van der Waals surface area contributed by atoms with Gasteiger partial charge in [-0.1, -0.05) is 11.6 Å². The maximum atomic E-state index is 13.5. The molecule has 1 aliphatic rings. The van der Waals surface area contributed by atoms with Crippen LogP contribution in [0.25, 0.3) is 0 Å². The molecule has 0 radical (unpaired) electrons. The molecule has 1 unspecified atom stereocenters. The van der Waals surface area contributed by atoms with Gasteiger partial charge in [-0.15, -0.1) is 0 Å². The van der Waals surface area contributed by atoms with E-state index < -0.39 is 5.82 Å². The van der Waals surface area contributed by atoms with Gasteiger partial charge in [0.2, 0.25) is 5.91 Å². The number of hydrogen-bond donors (Lipinski definition) is 2. The van der Waals surface area contributed by atoms with Gasteiger partial charge in [-0.25, -0.2) is 4.39 Å². The molecule has 0 aliphatic carbocycles. The number of anilines is 1. The van der Waals surface area contributed by atoms with E-state index in [2.05, 4.69) is 5.32 Å². The number of carbonyl (C=O) groups is 1. The maximum Gasteiger partial charge on any atom is 0.238 e. The Labute approximate surface area is 116 Å². The number of benzene rings is 1. The minimum Gasteiger partial charge on any atom is -0.327 e. The summed E-state index contributed by atoms with van der Waals surface area (Å²) in [6, 6.07) is 4.29. The number of nitrogens with zero attached hydrogens (tertiary/aromatic N) is 1. The SMILES string of the molecule is NC1CCCN(CC(=O)Nc2ccc(Cl)cc2F)C1. The van der Waals surface area contributed by atoms with Crippen molar-refractivity contribution in [2.24, 2.45) is 5.73 Å². The zero-order valence-electron chi connectivity index (χ0n) is 10.5. The minimum absolute atomic E-state index is 0.119. The number of hydrogen-bond acceptors (Lipinski definition) is 3. The highest BCUT2D eigenvalue weighted by atomic mass is 35.5. The standard InChI is InChI=1S/C13H17ClFN3O/c14-9-3-4-12(11(15)6-9)17-13(19)8-18-5-1-2-10(16)7-18/h3-4,6,10H,1-2,5,7-8,16H2,(H,17,19). The Balaban J connectivity index is 1.90. The fourth-order valence-corrected chi connectivity index (χ4v) is 2.38. The zero-order chi connectivity index (χ0) is 13.8. The third-order valence-corrected chi connectivity index (χ3v) is 3.35. The summed E-state index contributed by atoms with van der Waals surface area (Å²) < 4.78 is 13.5. The molecule has 104 valence electrons. The molecule has 1 fully saturated rings. The number of halogens is 2. The summed E-state index contributed by atoms with van der Waals surface area (Å²) >= 11 is 5.65. The van der Waals surface area contributed by atoms with E-state index in [4.69, 9.17) is 17.3 Å². The summed E-state index contributed by atoms with van der Waals surface area (Å²) in [5.74, 6) is -0.772. The molecule has 0 bridgehead atoms. The molecule has 0 saturated carbocycles. The lowest BCUT2D eigenvalue weighted by molar-refractivity contribution is -0.117.